The first-order valence-electron chi connectivity index (χ1n) is 11.1. The maximum Gasteiger partial charge on any atom is 0.166 e. The second-order valence-electron chi connectivity index (χ2n) is 8.14. The van der Waals surface area contributed by atoms with E-state index >= 15 is 0 Å². The zero-order valence-electron chi connectivity index (χ0n) is 18.7. The van der Waals surface area contributed by atoms with Gasteiger partial charge in [-0.2, -0.15) is 0 Å². The van der Waals surface area contributed by atoms with Gasteiger partial charge in [-0.15, -0.1) is 5.10 Å². The van der Waals surface area contributed by atoms with Crippen LogP contribution in [0.5, 0.6) is 0 Å². The summed E-state index contributed by atoms with van der Waals surface area (Å²) >= 11 is 0. The molecule has 0 fully saturated rings. The molecule has 0 aliphatic heterocycles. The summed E-state index contributed by atoms with van der Waals surface area (Å²) in [7, 11) is 2.02. The third-order valence-electron chi connectivity index (χ3n) is 5.83. The Kier molecular flexibility index (Phi) is 7.69. The van der Waals surface area contributed by atoms with Crippen LogP contribution in [0.3, 0.4) is 0 Å². The Morgan fingerprint density at radius 3 is 2.90 bits per heavy atom. The van der Waals surface area contributed by atoms with Crippen LogP contribution in [-0.4, -0.2) is 40.8 Å². The number of aromatic nitrogens is 3. The molecule has 2 aromatic heterocycles. The molecule has 2 heterocycles. The number of unbranched alkanes of at least 4 members (excludes halogenated alkanes) is 2. The van der Waals surface area contributed by atoms with Crippen LogP contribution in [0.1, 0.15) is 57.9 Å². The minimum atomic E-state index is 0.346. The van der Waals surface area contributed by atoms with Crippen LogP contribution in [-0.2, 0) is 0 Å². The van der Waals surface area contributed by atoms with Crippen LogP contribution in [0, 0.1) is 0 Å². The highest BCUT2D eigenvalue weighted by molar-refractivity contribution is 5.74. The summed E-state index contributed by atoms with van der Waals surface area (Å²) in [4.78, 5) is 7.47. The Morgan fingerprint density at radius 2 is 2.17 bits per heavy atom. The lowest BCUT2D eigenvalue weighted by Gasteiger charge is -2.36. The van der Waals surface area contributed by atoms with Crippen LogP contribution >= 0.6 is 0 Å². The number of nitrogens with two attached hydrogens (primary N) is 1. The third-order valence-corrected chi connectivity index (χ3v) is 5.83. The summed E-state index contributed by atoms with van der Waals surface area (Å²) in [5.74, 6) is 1.45. The first kappa shape index (κ1) is 22.1. The molecule has 0 aromatic carbocycles. The fourth-order valence-corrected chi connectivity index (χ4v) is 4.12. The normalized spacial score (nSPS) is 16.4. The summed E-state index contributed by atoms with van der Waals surface area (Å²) in [6.07, 6.45) is 15.2. The molecule has 0 spiro atoms. The summed E-state index contributed by atoms with van der Waals surface area (Å²) < 4.78 is 1.74. The smallest absolute Gasteiger partial charge is 0.166 e. The summed E-state index contributed by atoms with van der Waals surface area (Å²) in [5.41, 5.74) is 10.5. The molecule has 0 amide bonds. The van der Waals surface area contributed by atoms with Crippen LogP contribution in [0.25, 0.3) is 11.7 Å². The van der Waals surface area contributed by atoms with E-state index in [0.717, 1.165) is 55.8 Å². The molecular weight excluding hydrogens is 372 g/mol. The van der Waals surface area contributed by atoms with Crippen molar-refractivity contribution in [2.24, 2.45) is 0 Å². The van der Waals surface area contributed by atoms with E-state index in [4.69, 9.17) is 10.7 Å². The van der Waals surface area contributed by atoms with Gasteiger partial charge in [0.2, 0.25) is 0 Å². The second kappa shape index (κ2) is 10.4. The van der Waals surface area contributed by atoms with E-state index < -0.39 is 0 Å². The fourth-order valence-electron chi connectivity index (χ4n) is 4.12. The van der Waals surface area contributed by atoms with Gasteiger partial charge in [0.15, 0.2) is 11.5 Å². The van der Waals surface area contributed by atoms with Gasteiger partial charge in [0.05, 0.1) is 11.6 Å². The molecule has 0 saturated heterocycles. The Balaban J connectivity index is 1.94. The molecule has 1 aliphatic carbocycles. The van der Waals surface area contributed by atoms with Crippen LogP contribution in [0.4, 0.5) is 11.6 Å². The first-order chi connectivity index (χ1) is 14.6. The zero-order valence-corrected chi connectivity index (χ0v) is 18.7. The maximum atomic E-state index is 6.05. The van der Waals surface area contributed by atoms with Crippen molar-refractivity contribution in [3.63, 3.8) is 0 Å². The first-order valence-corrected chi connectivity index (χ1v) is 11.1. The lowest BCUT2D eigenvalue weighted by Crippen LogP contribution is -2.39. The highest BCUT2D eigenvalue weighted by Gasteiger charge is 2.26. The van der Waals surface area contributed by atoms with Gasteiger partial charge in [-0.3, -0.25) is 0 Å². The third kappa shape index (κ3) is 4.93. The summed E-state index contributed by atoms with van der Waals surface area (Å²) in [6, 6.07) is 2.41. The van der Waals surface area contributed by atoms with Gasteiger partial charge >= 0.3 is 0 Å². The van der Waals surface area contributed by atoms with Crippen molar-refractivity contribution in [2.45, 2.75) is 58.4 Å². The number of nitrogens with one attached hydrogen (secondary N) is 1. The van der Waals surface area contributed by atoms with Crippen molar-refractivity contribution in [3.05, 3.63) is 47.7 Å². The van der Waals surface area contributed by atoms with Crippen molar-refractivity contribution in [3.8, 4) is 0 Å². The zero-order chi connectivity index (χ0) is 21.5. The predicted molar refractivity (Wildman–Crippen MR) is 128 cm³/mol. The molecule has 0 saturated carbocycles. The number of rotatable bonds is 11. The average molecular weight is 409 g/mol. The van der Waals surface area contributed by atoms with E-state index in [1.165, 1.54) is 24.0 Å². The van der Waals surface area contributed by atoms with Gasteiger partial charge in [-0.25, -0.2) is 9.50 Å². The molecular formula is C24H36N6. The SMILES string of the molecule is C=Cc1c(N)nn2ccc(N(CCCC)C3CC(C)=CC=C3CCCCNC)nc12. The lowest BCUT2D eigenvalue weighted by molar-refractivity contribution is 0.577. The monoisotopic (exact) mass is 408 g/mol. The quantitative estimate of drug-likeness (QED) is 0.532. The molecule has 1 aliphatic rings. The van der Waals surface area contributed by atoms with Gasteiger partial charge in [-0.1, -0.05) is 43.7 Å². The lowest BCUT2D eigenvalue weighted by atomic mass is 9.89. The molecule has 2 aromatic rings. The van der Waals surface area contributed by atoms with Crippen molar-refractivity contribution >= 4 is 23.4 Å². The molecule has 0 radical (unpaired) electrons. The predicted octanol–water partition coefficient (Wildman–Crippen LogP) is 4.60. The molecule has 0 bridgehead atoms. The van der Waals surface area contributed by atoms with Crippen LogP contribution < -0.4 is 16.0 Å². The number of hydrogen-bond donors (Lipinski definition) is 2. The molecule has 6 heteroatoms. The number of nitrogens with zero attached hydrogens (tertiary/aromatic N) is 4. The van der Waals surface area contributed by atoms with E-state index in [0.29, 0.717) is 11.9 Å². The van der Waals surface area contributed by atoms with Crippen molar-refractivity contribution < 1.29 is 0 Å². The summed E-state index contributed by atoms with van der Waals surface area (Å²) in [6.45, 7) is 10.4. The number of hydrogen-bond acceptors (Lipinski definition) is 5. The largest absolute Gasteiger partial charge is 0.382 e. The molecule has 30 heavy (non-hydrogen) atoms. The topological polar surface area (TPSA) is 71.5 Å². The van der Waals surface area contributed by atoms with Crippen molar-refractivity contribution in [1.29, 1.82) is 0 Å². The highest BCUT2D eigenvalue weighted by atomic mass is 15.3. The summed E-state index contributed by atoms with van der Waals surface area (Å²) in [5, 5.41) is 7.61. The second-order valence-corrected chi connectivity index (χ2v) is 8.14. The number of fused-ring (bicyclic) bond motifs is 1. The van der Waals surface area contributed by atoms with E-state index in [1.807, 2.05) is 13.2 Å². The van der Waals surface area contributed by atoms with Gasteiger partial charge in [0.1, 0.15) is 5.82 Å². The van der Waals surface area contributed by atoms with Gasteiger partial charge in [0, 0.05) is 12.7 Å². The van der Waals surface area contributed by atoms with Gasteiger partial charge in [0.25, 0.3) is 0 Å². The standard InChI is InChI=1S/C24H36N6/c1-5-7-15-29(21-17-18(3)11-12-19(21)10-8-9-14-26-4)22-13-16-30-24(27-22)20(6-2)23(25)28-30/h6,11-13,16,21,26H,2,5,7-10,14-15,17H2,1,3-4H3,(H2,25,28). The molecule has 1 unspecified atom stereocenters. The van der Waals surface area contributed by atoms with E-state index in [2.05, 4.69) is 54.0 Å². The van der Waals surface area contributed by atoms with Crippen molar-refractivity contribution in [1.82, 2.24) is 19.9 Å². The maximum absolute atomic E-state index is 6.05. The Labute approximate surface area is 180 Å². The molecule has 162 valence electrons. The van der Waals surface area contributed by atoms with Crippen LogP contribution in [0.15, 0.2) is 42.1 Å². The molecule has 6 nitrogen and oxygen atoms in total. The number of nitrogen functional groups attached to an aromatic ring is 1. The van der Waals surface area contributed by atoms with Gasteiger partial charge < -0.3 is 16.0 Å². The fraction of sp³-hybridized carbons (Fsp3) is 0.500. The van der Waals surface area contributed by atoms with E-state index in [-0.39, 0.29) is 0 Å². The Bertz CT molecular complexity index is 923. The minimum Gasteiger partial charge on any atom is -0.382 e. The molecule has 1 atom stereocenters. The molecule has 3 N–H and O–H groups in total. The Hall–Kier alpha value is -2.60. The van der Waals surface area contributed by atoms with E-state index in [9.17, 15) is 0 Å². The van der Waals surface area contributed by atoms with Crippen LogP contribution in [0.2, 0.25) is 0 Å². The van der Waals surface area contributed by atoms with Crippen molar-refractivity contribution in [2.75, 3.05) is 30.8 Å². The van der Waals surface area contributed by atoms with E-state index in [1.54, 1.807) is 10.6 Å². The average Bonchev–Trinajstić information content (AvgIpc) is 3.07. The number of anilines is 2. The Morgan fingerprint density at radius 1 is 1.33 bits per heavy atom. The molecule has 3 rings (SSSR count). The van der Waals surface area contributed by atoms with Gasteiger partial charge in [-0.05, 0) is 64.3 Å². The highest BCUT2D eigenvalue weighted by Crippen LogP contribution is 2.31. The number of allylic oxidation sites excluding steroid dienone is 2. The minimum absolute atomic E-state index is 0.346.